The first-order chi connectivity index (χ1) is 11.8. The van der Waals surface area contributed by atoms with Gasteiger partial charge in [0.15, 0.2) is 0 Å². The second-order valence-electron chi connectivity index (χ2n) is 6.28. The molecule has 1 rings (SSSR count). The second kappa shape index (κ2) is 9.76. The maximum atomic E-state index is 12.4. The molecule has 0 fully saturated rings. The number of carboxylic acids is 1. The van der Waals surface area contributed by atoms with Gasteiger partial charge in [0, 0.05) is 24.1 Å². The lowest BCUT2D eigenvalue weighted by Crippen LogP contribution is -2.26. The number of carboxylic acid groups (broad SMARTS) is 1. The molecule has 0 unspecified atom stereocenters. The minimum absolute atomic E-state index is 0.00539. The predicted octanol–water partition coefficient (Wildman–Crippen LogP) is 3.68. The molecule has 1 aromatic carbocycles. The summed E-state index contributed by atoms with van der Waals surface area (Å²) < 4.78 is 0. The number of carbonyl (C=O) groups is 2. The first-order valence-electron chi connectivity index (χ1n) is 8.51. The van der Waals surface area contributed by atoms with Crippen molar-refractivity contribution in [3.05, 3.63) is 38.4 Å². The van der Waals surface area contributed by atoms with Crippen LogP contribution in [0.3, 0.4) is 0 Å². The van der Waals surface area contributed by atoms with Crippen LogP contribution in [0, 0.1) is 30.9 Å². The monoisotopic (exact) mass is 350 g/mol. The molecule has 0 aliphatic rings. The van der Waals surface area contributed by atoms with Gasteiger partial charge in [0.1, 0.15) is 0 Å². The van der Waals surface area contributed by atoms with Crippen LogP contribution < -0.4 is 5.32 Å². The van der Waals surface area contributed by atoms with Gasteiger partial charge in [-0.15, -0.1) is 0 Å². The van der Waals surface area contributed by atoms with Crippen molar-refractivity contribution < 1.29 is 19.6 Å². The van der Waals surface area contributed by atoms with Crippen molar-refractivity contribution >= 4 is 17.6 Å². The van der Waals surface area contributed by atoms with Gasteiger partial charge >= 0.3 is 5.97 Å². The van der Waals surface area contributed by atoms with Crippen molar-refractivity contribution in [3.8, 4) is 0 Å². The molecule has 0 heterocycles. The molecule has 0 aliphatic carbocycles. The van der Waals surface area contributed by atoms with E-state index in [0.717, 1.165) is 31.2 Å². The van der Waals surface area contributed by atoms with Gasteiger partial charge in [-0.05, 0) is 45.2 Å². The summed E-state index contributed by atoms with van der Waals surface area (Å²) in [4.78, 5) is 33.5. The molecule has 0 radical (unpaired) electrons. The van der Waals surface area contributed by atoms with E-state index in [0.29, 0.717) is 29.7 Å². The summed E-state index contributed by atoms with van der Waals surface area (Å²) in [7, 11) is 0. The zero-order valence-corrected chi connectivity index (χ0v) is 15.1. The third kappa shape index (κ3) is 6.17. The van der Waals surface area contributed by atoms with Crippen LogP contribution in [0.5, 0.6) is 0 Å². The van der Waals surface area contributed by atoms with Gasteiger partial charge in [0.05, 0.1) is 10.5 Å². The molecule has 0 saturated carbocycles. The molecule has 0 aliphatic heterocycles. The van der Waals surface area contributed by atoms with E-state index in [-0.39, 0.29) is 18.0 Å². The molecule has 0 spiro atoms. The molecule has 0 saturated heterocycles. The van der Waals surface area contributed by atoms with Gasteiger partial charge in [0.25, 0.3) is 11.6 Å². The number of hydrogen-bond acceptors (Lipinski definition) is 4. The van der Waals surface area contributed by atoms with Crippen molar-refractivity contribution in [1.29, 1.82) is 0 Å². The predicted molar refractivity (Wildman–Crippen MR) is 95.0 cm³/mol. The van der Waals surface area contributed by atoms with Crippen molar-refractivity contribution in [2.24, 2.45) is 0 Å². The van der Waals surface area contributed by atoms with Gasteiger partial charge in [-0.25, -0.2) is 0 Å². The summed E-state index contributed by atoms with van der Waals surface area (Å²) >= 11 is 0. The van der Waals surface area contributed by atoms with Crippen LogP contribution in [0.4, 0.5) is 5.69 Å². The van der Waals surface area contributed by atoms with E-state index in [1.54, 1.807) is 26.8 Å². The number of rotatable bonds is 10. The zero-order valence-electron chi connectivity index (χ0n) is 15.1. The molecule has 2 N–H and O–H groups in total. The number of unbranched alkanes of at least 4 members (excludes halogenated alkanes) is 4. The minimum atomic E-state index is -0.773. The van der Waals surface area contributed by atoms with Gasteiger partial charge in [-0.2, -0.15) is 0 Å². The van der Waals surface area contributed by atoms with Crippen molar-refractivity contribution in [3.63, 3.8) is 0 Å². The van der Waals surface area contributed by atoms with Crippen LogP contribution in [0.1, 0.15) is 65.6 Å². The lowest BCUT2D eigenvalue weighted by Gasteiger charge is -2.12. The van der Waals surface area contributed by atoms with E-state index in [1.165, 1.54) is 0 Å². The van der Waals surface area contributed by atoms with E-state index in [9.17, 15) is 19.7 Å². The third-order valence-corrected chi connectivity index (χ3v) is 4.19. The van der Waals surface area contributed by atoms with E-state index < -0.39 is 10.9 Å². The topological polar surface area (TPSA) is 110 Å². The number of amides is 1. The van der Waals surface area contributed by atoms with Crippen LogP contribution in [0.2, 0.25) is 0 Å². The number of nitro groups is 1. The van der Waals surface area contributed by atoms with Crippen LogP contribution >= 0.6 is 0 Å². The van der Waals surface area contributed by atoms with Gasteiger partial charge in [-0.1, -0.05) is 19.3 Å². The highest BCUT2D eigenvalue weighted by atomic mass is 16.6. The Bertz CT molecular complexity index is 655. The normalized spacial score (nSPS) is 10.5. The number of hydrogen-bond donors (Lipinski definition) is 2. The largest absolute Gasteiger partial charge is 0.481 e. The maximum absolute atomic E-state index is 12.4. The summed E-state index contributed by atoms with van der Waals surface area (Å²) in [5.41, 5.74) is 2.05. The number of carbonyl (C=O) groups excluding carboxylic acids is 1. The Morgan fingerprint density at radius 3 is 2.28 bits per heavy atom. The third-order valence-electron chi connectivity index (χ3n) is 4.19. The molecular formula is C18H26N2O5. The highest BCUT2D eigenvalue weighted by Gasteiger charge is 2.23. The van der Waals surface area contributed by atoms with Crippen LogP contribution in [-0.4, -0.2) is 28.5 Å². The lowest BCUT2D eigenvalue weighted by atomic mass is 9.96. The molecule has 138 valence electrons. The first kappa shape index (κ1) is 20.6. The fraction of sp³-hybridized carbons (Fsp3) is 0.556. The Labute approximate surface area is 147 Å². The maximum Gasteiger partial charge on any atom is 0.303 e. The van der Waals surface area contributed by atoms with Crippen LogP contribution in [0.25, 0.3) is 0 Å². The van der Waals surface area contributed by atoms with Gasteiger partial charge < -0.3 is 10.4 Å². The molecule has 0 aromatic heterocycles. The highest BCUT2D eigenvalue weighted by molar-refractivity contribution is 5.98. The number of nitrogens with zero attached hydrogens (tertiary/aromatic N) is 1. The van der Waals surface area contributed by atoms with Gasteiger partial charge in [-0.3, -0.25) is 19.7 Å². The average molecular weight is 350 g/mol. The summed E-state index contributed by atoms with van der Waals surface area (Å²) in [6.45, 7) is 5.55. The fourth-order valence-corrected chi connectivity index (χ4v) is 3.03. The average Bonchev–Trinajstić information content (AvgIpc) is 2.48. The number of aliphatic carboxylic acids is 1. The molecule has 25 heavy (non-hydrogen) atoms. The van der Waals surface area contributed by atoms with E-state index in [4.69, 9.17) is 5.11 Å². The molecule has 7 nitrogen and oxygen atoms in total. The van der Waals surface area contributed by atoms with Crippen molar-refractivity contribution in [2.75, 3.05) is 6.54 Å². The Morgan fingerprint density at radius 1 is 1.08 bits per heavy atom. The van der Waals surface area contributed by atoms with E-state index in [2.05, 4.69) is 5.32 Å². The van der Waals surface area contributed by atoms with Gasteiger partial charge in [0.2, 0.25) is 0 Å². The standard InChI is InChI=1S/C18H26N2O5/c1-12-11-13(2)17(20(24)25)14(3)16(12)18(23)19-10-8-6-4-5-7-9-15(21)22/h11H,4-10H2,1-3H3,(H,19,23)(H,21,22). The molecule has 1 aromatic rings. The van der Waals surface area contributed by atoms with Crippen molar-refractivity contribution in [1.82, 2.24) is 5.32 Å². The molecular weight excluding hydrogens is 324 g/mol. The molecule has 7 heteroatoms. The molecule has 1 amide bonds. The summed E-state index contributed by atoms with van der Waals surface area (Å²) in [5.74, 6) is -1.06. The number of benzene rings is 1. The first-order valence-corrected chi connectivity index (χ1v) is 8.51. The second-order valence-corrected chi connectivity index (χ2v) is 6.28. The molecule has 0 atom stereocenters. The smallest absolute Gasteiger partial charge is 0.303 e. The summed E-state index contributed by atoms with van der Waals surface area (Å²) in [6.07, 6.45) is 4.37. The minimum Gasteiger partial charge on any atom is -0.481 e. The Hall–Kier alpha value is -2.44. The fourth-order valence-electron chi connectivity index (χ4n) is 3.03. The van der Waals surface area contributed by atoms with Crippen molar-refractivity contribution in [2.45, 2.75) is 59.3 Å². The number of nitro benzene ring substituents is 1. The lowest BCUT2D eigenvalue weighted by molar-refractivity contribution is -0.386. The highest BCUT2D eigenvalue weighted by Crippen LogP contribution is 2.28. The summed E-state index contributed by atoms with van der Waals surface area (Å²) in [5, 5.41) is 22.6. The Morgan fingerprint density at radius 2 is 1.68 bits per heavy atom. The Kier molecular flexibility index (Phi) is 8.04. The SMILES string of the molecule is Cc1cc(C)c([N+](=O)[O-])c(C)c1C(=O)NCCCCCCCC(=O)O. The molecule has 0 bridgehead atoms. The van der Waals surface area contributed by atoms with Crippen LogP contribution in [-0.2, 0) is 4.79 Å². The Balaban J connectivity index is 2.52. The number of nitrogens with one attached hydrogen (secondary N) is 1. The quantitative estimate of drug-likeness (QED) is 0.380. The zero-order chi connectivity index (χ0) is 19.0. The van der Waals surface area contributed by atoms with E-state index in [1.807, 2.05) is 0 Å². The summed E-state index contributed by atoms with van der Waals surface area (Å²) in [6, 6.07) is 1.67. The number of aryl methyl sites for hydroxylation is 2. The van der Waals surface area contributed by atoms with E-state index >= 15 is 0 Å². The van der Waals surface area contributed by atoms with Crippen LogP contribution in [0.15, 0.2) is 6.07 Å².